The lowest BCUT2D eigenvalue weighted by atomic mass is 9.81. The molecule has 1 saturated carbocycles. The first-order chi connectivity index (χ1) is 10.1. The maximum atomic E-state index is 12.2. The minimum atomic E-state index is -0.256. The second kappa shape index (κ2) is 9.10. The van der Waals surface area contributed by atoms with Gasteiger partial charge in [0.25, 0.3) is 0 Å². The van der Waals surface area contributed by atoms with Crippen LogP contribution in [-0.4, -0.2) is 48.8 Å². The summed E-state index contributed by atoms with van der Waals surface area (Å²) in [5.74, 6) is -0.905. The van der Waals surface area contributed by atoms with E-state index in [9.17, 15) is 14.4 Å². The van der Waals surface area contributed by atoms with Crippen LogP contribution in [0.3, 0.4) is 0 Å². The Bertz CT molecular complexity index is 393. The zero-order valence-electron chi connectivity index (χ0n) is 13.1. The van der Waals surface area contributed by atoms with Crippen LogP contribution in [0.25, 0.3) is 0 Å². The normalized spacial score (nSPS) is 24.0. The Morgan fingerprint density at radius 3 is 2.23 bits per heavy atom. The molecule has 2 aliphatic rings. The fraction of sp³-hybridized carbons (Fsp3) is 0.800. The number of rotatable bonds is 7. The first-order valence-electron chi connectivity index (χ1n) is 7.97. The molecular weight excluding hydrogens is 306 g/mol. The van der Waals surface area contributed by atoms with E-state index < -0.39 is 0 Å². The maximum Gasteiger partial charge on any atom is 0.240 e. The molecule has 0 radical (unpaired) electrons. The summed E-state index contributed by atoms with van der Waals surface area (Å²) >= 11 is 0. The summed E-state index contributed by atoms with van der Waals surface area (Å²) in [6, 6.07) is 0. The Hall–Kier alpha value is -1.14. The number of fused-ring (bicyclic) bond motifs is 1. The number of imide groups is 1. The van der Waals surface area contributed by atoms with Crippen molar-refractivity contribution >= 4 is 30.1 Å². The lowest BCUT2D eigenvalue weighted by molar-refractivity contribution is -0.143. The molecule has 2 rings (SSSR count). The summed E-state index contributed by atoms with van der Waals surface area (Å²) < 4.78 is 0. The van der Waals surface area contributed by atoms with Crippen molar-refractivity contribution in [3.63, 3.8) is 0 Å². The molecule has 0 bridgehead atoms. The largest absolute Gasteiger partial charge is 0.353 e. The first kappa shape index (κ1) is 18.9. The monoisotopic (exact) mass is 331 g/mol. The van der Waals surface area contributed by atoms with Crippen molar-refractivity contribution in [2.24, 2.45) is 11.8 Å². The summed E-state index contributed by atoms with van der Waals surface area (Å²) in [7, 11) is 0. The zero-order valence-corrected chi connectivity index (χ0v) is 13.9. The van der Waals surface area contributed by atoms with E-state index in [0.29, 0.717) is 13.1 Å². The lowest BCUT2D eigenvalue weighted by Gasteiger charge is -2.19. The van der Waals surface area contributed by atoms with Gasteiger partial charge >= 0.3 is 0 Å². The summed E-state index contributed by atoms with van der Waals surface area (Å²) in [5.41, 5.74) is 0. The van der Waals surface area contributed by atoms with E-state index in [1.54, 1.807) is 0 Å². The molecule has 2 atom stereocenters. The number of carbonyl (C=O) groups is 3. The Kier molecular flexibility index (Phi) is 7.82. The van der Waals surface area contributed by atoms with Crippen molar-refractivity contribution < 1.29 is 14.4 Å². The minimum Gasteiger partial charge on any atom is -0.353 e. The van der Waals surface area contributed by atoms with E-state index in [-0.39, 0.29) is 48.5 Å². The molecule has 126 valence electrons. The van der Waals surface area contributed by atoms with Crippen LogP contribution in [0.15, 0.2) is 0 Å². The fourth-order valence-corrected chi connectivity index (χ4v) is 3.18. The van der Waals surface area contributed by atoms with Gasteiger partial charge in [0.1, 0.15) is 6.54 Å². The van der Waals surface area contributed by atoms with E-state index in [1.807, 2.05) is 0 Å². The van der Waals surface area contributed by atoms with Crippen molar-refractivity contribution in [2.45, 2.75) is 39.0 Å². The quantitative estimate of drug-likeness (QED) is 0.531. The third kappa shape index (κ3) is 4.43. The third-order valence-corrected chi connectivity index (χ3v) is 4.28. The molecule has 0 aromatic rings. The van der Waals surface area contributed by atoms with Crippen molar-refractivity contribution in [1.29, 1.82) is 0 Å². The number of amides is 3. The third-order valence-electron chi connectivity index (χ3n) is 4.28. The smallest absolute Gasteiger partial charge is 0.240 e. The van der Waals surface area contributed by atoms with Gasteiger partial charge in [-0.2, -0.15) is 0 Å². The predicted octanol–water partition coefficient (Wildman–Crippen LogP) is 0.699. The van der Waals surface area contributed by atoms with E-state index in [2.05, 4.69) is 17.6 Å². The summed E-state index contributed by atoms with van der Waals surface area (Å²) in [4.78, 5) is 37.4. The van der Waals surface area contributed by atoms with Crippen LogP contribution >= 0.6 is 12.4 Å². The number of nitrogens with zero attached hydrogens (tertiary/aromatic N) is 1. The van der Waals surface area contributed by atoms with Gasteiger partial charge in [-0.15, -0.1) is 12.4 Å². The minimum absolute atomic E-state index is 0. The molecule has 1 aliphatic heterocycles. The van der Waals surface area contributed by atoms with E-state index in [1.165, 1.54) is 0 Å². The van der Waals surface area contributed by atoms with Crippen molar-refractivity contribution in [3.8, 4) is 0 Å². The highest BCUT2D eigenvalue weighted by atomic mass is 35.5. The molecule has 1 aliphatic carbocycles. The summed E-state index contributed by atoms with van der Waals surface area (Å²) in [5, 5.41) is 5.92. The van der Waals surface area contributed by atoms with Crippen LogP contribution in [-0.2, 0) is 14.4 Å². The molecule has 22 heavy (non-hydrogen) atoms. The van der Waals surface area contributed by atoms with E-state index in [0.717, 1.165) is 43.5 Å². The lowest BCUT2D eigenvalue weighted by Crippen LogP contribution is -2.42. The molecule has 7 heteroatoms. The average Bonchev–Trinajstić information content (AvgIpc) is 2.73. The molecule has 0 aromatic heterocycles. The molecule has 2 N–H and O–H groups in total. The molecule has 2 fully saturated rings. The highest BCUT2D eigenvalue weighted by molar-refractivity contribution is 6.07. The Balaban J connectivity index is 0.00000242. The molecule has 0 aromatic carbocycles. The van der Waals surface area contributed by atoms with Gasteiger partial charge in [-0.25, -0.2) is 0 Å². The van der Waals surface area contributed by atoms with Gasteiger partial charge in [0.2, 0.25) is 17.7 Å². The summed E-state index contributed by atoms with van der Waals surface area (Å²) in [6.45, 7) is 4.09. The van der Waals surface area contributed by atoms with Crippen LogP contribution in [0.4, 0.5) is 0 Å². The zero-order chi connectivity index (χ0) is 15.2. The van der Waals surface area contributed by atoms with Crippen molar-refractivity contribution in [3.05, 3.63) is 0 Å². The topological polar surface area (TPSA) is 78.5 Å². The van der Waals surface area contributed by atoms with Gasteiger partial charge in [-0.3, -0.25) is 19.3 Å². The number of hydrogen-bond donors (Lipinski definition) is 2. The Morgan fingerprint density at radius 1 is 1.09 bits per heavy atom. The maximum absolute atomic E-state index is 12.2. The van der Waals surface area contributed by atoms with Gasteiger partial charge < -0.3 is 10.6 Å². The van der Waals surface area contributed by atoms with Crippen molar-refractivity contribution in [1.82, 2.24) is 15.5 Å². The number of hydrogen-bond acceptors (Lipinski definition) is 4. The van der Waals surface area contributed by atoms with Gasteiger partial charge in [0, 0.05) is 13.1 Å². The molecule has 1 heterocycles. The number of halogens is 1. The van der Waals surface area contributed by atoms with Gasteiger partial charge in [0.05, 0.1) is 11.8 Å². The van der Waals surface area contributed by atoms with E-state index >= 15 is 0 Å². The van der Waals surface area contributed by atoms with Gasteiger partial charge in [0.15, 0.2) is 0 Å². The van der Waals surface area contributed by atoms with Crippen LogP contribution < -0.4 is 10.6 Å². The molecular formula is C15H26ClN3O3. The number of nitrogens with one attached hydrogen (secondary N) is 2. The standard InChI is InChI=1S/C15H25N3O3.ClH/c1-2-7-16-8-9-17-13(19)10-18-14(20)11-5-3-4-6-12(11)15(18)21;/h11-12,16H,2-10H2,1H3,(H,17,19);1H. The number of carbonyl (C=O) groups excluding carboxylic acids is 3. The van der Waals surface area contributed by atoms with Crippen LogP contribution in [0, 0.1) is 11.8 Å². The van der Waals surface area contributed by atoms with Gasteiger partial charge in [-0.05, 0) is 25.8 Å². The average molecular weight is 332 g/mol. The first-order valence-corrected chi connectivity index (χ1v) is 7.97. The van der Waals surface area contributed by atoms with Crippen LogP contribution in [0.5, 0.6) is 0 Å². The van der Waals surface area contributed by atoms with E-state index in [4.69, 9.17) is 0 Å². The molecule has 1 saturated heterocycles. The highest BCUT2D eigenvalue weighted by Gasteiger charge is 2.48. The van der Waals surface area contributed by atoms with Crippen molar-refractivity contribution in [2.75, 3.05) is 26.2 Å². The second-order valence-corrected chi connectivity index (χ2v) is 5.86. The molecule has 3 amide bonds. The fourth-order valence-electron chi connectivity index (χ4n) is 3.18. The van der Waals surface area contributed by atoms with Crippen LogP contribution in [0.1, 0.15) is 39.0 Å². The Morgan fingerprint density at radius 2 is 1.68 bits per heavy atom. The highest BCUT2D eigenvalue weighted by Crippen LogP contribution is 2.37. The predicted molar refractivity (Wildman–Crippen MR) is 85.6 cm³/mol. The second-order valence-electron chi connectivity index (χ2n) is 5.86. The Labute approximate surface area is 137 Å². The molecule has 0 spiro atoms. The van der Waals surface area contributed by atoms with Crippen LogP contribution in [0.2, 0.25) is 0 Å². The molecule has 6 nitrogen and oxygen atoms in total. The number of likely N-dealkylation sites (tertiary alicyclic amines) is 1. The summed E-state index contributed by atoms with van der Waals surface area (Å²) in [6.07, 6.45) is 4.63. The molecule has 2 unspecified atom stereocenters. The van der Waals surface area contributed by atoms with Gasteiger partial charge in [-0.1, -0.05) is 19.8 Å². The SMILES string of the molecule is CCCNCCNC(=O)CN1C(=O)C2CCCCC2C1=O.Cl.